The van der Waals surface area contributed by atoms with Crippen LogP contribution in [0, 0.1) is 6.92 Å². The SMILES string of the molecule is CCOc1ccc(-c2coc3cc(OCC)c(/C(C)=C/C(=O)Nc4cc(C)on4)cc23)cc1. The number of allylic oxidation sites excluding steroid dienone is 1. The topological polar surface area (TPSA) is 86.7 Å². The molecule has 4 rings (SSSR count). The maximum Gasteiger partial charge on any atom is 0.249 e. The number of aromatic nitrogens is 1. The fraction of sp³-hybridized carbons (Fsp3) is 0.231. The van der Waals surface area contributed by atoms with E-state index in [2.05, 4.69) is 10.5 Å². The van der Waals surface area contributed by atoms with Crippen molar-refractivity contribution >= 4 is 28.3 Å². The van der Waals surface area contributed by atoms with Gasteiger partial charge in [0.2, 0.25) is 5.91 Å². The molecule has 33 heavy (non-hydrogen) atoms. The van der Waals surface area contributed by atoms with Crippen molar-refractivity contribution in [3.63, 3.8) is 0 Å². The third-order valence-electron chi connectivity index (χ3n) is 5.10. The minimum atomic E-state index is -0.303. The highest BCUT2D eigenvalue weighted by Crippen LogP contribution is 2.38. The number of rotatable bonds is 8. The van der Waals surface area contributed by atoms with Crippen LogP contribution in [0.15, 0.2) is 63.7 Å². The van der Waals surface area contributed by atoms with Crippen LogP contribution >= 0.6 is 0 Å². The highest BCUT2D eigenvalue weighted by atomic mass is 16.5. The second-order valence-corrected chi connectivity index (χ2v) is 7.52. The Morgan fingerprint density at radius 2 is 1.85 bits per heavy atom. The number of ether oxygens (including phenoxy) is 2. The summed E-state index contributed by atoms with van der Waals surface area (Å²) in [7, 11) is 0. The first-order chi connectivity index (χ1) is 16.0. The fourth-order valence-corrected chi connectivity index (χ4v) is 3.62. The average molecular weight is 447 g/mol. The Morgan fingerprint density at radius 3 is 2.52 bits per heavy atom. The first-order valence-corrected chi connectivity index (χ1v) is 10.8. The molecule has 0 radical (unpaired) electrons. The molecule has 0 aliphatic carbocycles. The number of hydrogen-bond donors (Lipinski definition) is 1. The van der Waals surface area contributed by atoms with E-state index in [4.69, 9.17) is 18.4 Å². The van der Waals surface area contributed by atoms with E-state index in [1.54, 1.807) is 19.3 Å². The third kappa shape index (κ3) is 4.92. The van der Waals surface area contributed by atoms with E-state index in [9.17, 15) is 4.79 Å². The predicted octanol–water partition coefficient (Wildman–Crippen LogP) is 6.24. The molecule has 0 spiro atoms. The highest BCUT2D eigenvalue weighted by Gasteiger charge is 2.16. The van der Waals surface area contributed by atoms with Crippen LogP contribution in [0.1, 0.15) is 32.1 Å². The van der Waals surface area contributed by atoms with Crippen LogP contribution in [-0.4, -0.2) is 24.3 Å². The molecule has 7 nitrogen and oxygen atoms in total. The van der Waals surface area contributed by atoms with E-state index in [0.29, 0.717) is 36.1 Å². The van der Waals surface area contributed by atoms with Crippen molar-refractivity contribution in [1.82, 2.24) is 5.16 Å². The Bertz CT molecular complexity index is 1300. The number of furan rings is 1. The van der Waals surface area contributed by atoms with Crippen LogP contribution in [0.5, 0.6) is 11.5 Å². The molecule has 2 aromatic heterocycles. The number of carbonyl (C=O) groups is 1. The molecule has 4 aromatic rings. The Balaban J connectivity index is 1.70. The van der Waals surface area contributed by atoms with Crippen LogP contribution < -0.4 is 14.8 Å². The summed E-state index contributed by atoms with van der Waals surface area (Å²) < 4.78 is 22.2. The lowest BCUT2D eigenvalue weighted by Crippen LogP contribution is -2.09. The van der Waals surface area contributed by atoms with Crippen molar-refractivity contribution in [3.8, 4) is 22.6 Å². The molecule has 0 atom stereocenters. The molecule has 1 N–H and O–H groups in total. The molecule has 7 heteroatoms. The van der Waals surface area contributed by atoms with E-state index in [1.165, 1.54) is 6.08 Å². The normalized spacial score (nSPS) is 11.6. The second-order valence-electron chi connectivity index (χ2n) is 7.52. The van der Waals surface area contributed by atoms with E-state index < -0.39 is 0 Å². The van der Waals surface area contributed by atoms with Crippen molar-refractivity contribution in [2.24, 2.45) is 0 Å². The zero-order chi connectivity index (χ0) is 23.4. The van der Waals surface area contributed by atoms with Gasteiger partial charge in [0.05, 0.1) is 19.5 Å². The summed E-state index contributed by atoms with van der Waals surface area (Å²) in [4.78, 5) is 12.5. The molecule has 170 valence electrons. The molecular formula is C26H26N2O5. The lowest BCUT2D eigenvalue weighted by Gasteiger charge is -2.11. The quantitative estimate of drug-likeness (QED) is 0.323. The number of nitrogens with zero attached hydrogens (tertiary/aromatic N) is 1. The number of aryl methyl sites for hydroxylation is 1. The largest absolute Gasteiger partial charge is 0.494 e. The Hall–Kier alpha value is -4.00. The first-order valence-electron chi connectivity index (χ1n) is 10.8. The van der Waals surface area contributed by atoms with Crippen molar-refractivity contribution < 1.29 is 23.2 Å². The number of carbonyl (C=O) groups excluding carboxylic acids is 1. The van der Waals surface area contributed by atoms with E-state index in [1.807, 2.05) is 57.2 Å². The van der Waals surface area contributed by atoms with Gasteiger partial charge in [0, 0.05) is 34.7 Å². The number of nitrogens with one attached hydrogen (secondary N) is 1. The van der Waals surface area contributed by atoms with Gasteiger partial charge >= 0.3 is 0 Å². The van der Waals surface area contributed by atoms with Gasteiger partial charge < -0.3 is 23.7 Å². The maximum atomic E-state index is 12.5. The molecule has 1 amide bonds. The minimum absolute atomic E-state index is 0.303. The third-order valence-corrected chi connectivity index (χ3v) is 5.10. The molecule has 0 unspecified atom stereocenters. The number of hydrogen-bond acceptors (Lipinski definition) is 6. The fourth-order valence-electron chi connectivity index (χ4n) is 3.62. The Labute approximate surface area is 192 Å². The van der Waals surface area contributed by atoms with Gasteiger partial charge in [-0.2, -0.15) is 0 Å². The molecule has 2 heterocycles. The van der Waals surface area contributed by atoms with Crippen molar-refractivity contribution in [2.45, 2.75) is 27.7 Å². The number of benzene rings is 2. The Morgan fingerprint density at radius 1 is 1.09 bits per heavy atom. The summed E-state index contributed by atoms with van der Waals surface area (Å²) in [5.74, 6) is 2.16. The molecule has 0 aliphatic heterocycles. The van der Waals surface area contributed by atoms with Crippen molar-refractivity contribution in [2.75, 3.05) is 18.5 Å². The lowest BCUT2D eigenvalue weighted by atomic mass is 9.99. The van der Waals surface area contributed by atoms with Crippen LogP contribution in [0.25, 0.3) is 27.7 Å². The summed E-state index contributed by atoms with van der Waals surface area (Å²) in [6, 6.07) is 13.4. The molecule has 0 saturated carbocycles. The zero-order valence-corrected chi connectivity index (χ0v) is 19.1. The van der Waals surface area contributed by atoms with Crippen LogP contribution in [0.3, 0.4) is 0 Å². The van der Waals surface area contributed by atoms with Gasteiger partial charge in [-0.3, -0.25) is 4.79 Å². The summed E-state index contributed by atoms with van der Waals surface area (Å²) in [5, 5.41) is 7.43. The Kier molecular flexibility index (Phi) is 6.49. The van der Waals surface area contributed by atoms with Gasteiger partial charge in [-0.1, -0.05) is 17.3 Å². The molecule has 0 aliphatic rings. The molecule has 0 saturated heterocycles. The number of amides is 1. The van der Waals surface area contributed by atoms with Gasteiger partial charge in [0.15, 0.2) is 5.82 Å². The van der Waals surface area contributed by atoms with Gasteiger partial charge in [0.1, 0.15) is 22.8 Å². The lowest BCUT2D eigenvalue weighted by molar-refractivity contribution is -0.111. The summed E-state index contributed by atoms with van der Waals surface area (Å²) in [6.07, 6.45) is 3.25. The summed E-state index contributed by atoms with van der Waals surface area (Å²) in [5.41, 5.74) is 4.23. The van der Waals surface area contributed by atoms with Crippen molar-refractivity contribution in [3.05, 3.63) is 66.1 Å². The van der Waals surface area contributed by atoms with Gasteiger partial charge in [0.25, 0.3) is 0 Å². The predicted molar refractivity (Wildman–Crippen MR) is 128 cm³/mol. The molecule has 0 fully saturated rings. The van der Waals surface area contributed by atoms with E-state index in [0.717, 1.165) is 33.4 Å². The average Bonchev–Trinajstić information content (AvgIpc) is 3.39. The van der Waals surface area contributed by atoms with Gasteiger partial charge in [-0.25, -0.2) is 0 Å². The number of fused-ring (bicyclic) bond motifs is 1. The van der Waals surface area contributed by atoms with Crippen LogP contribution in [0.2, 0.25) is 0 Å². The first kappa shape index (κ1) is 22.2. The minimum Gasteiger partial charge on any atom is -0.494 e. The standard InChI is InChI=1S/C26H26N2O5/c1-5-30-19-9-7-18(8-10-19)22-15-32-24-14-23(31-6-2)20(13-21(22)24)16(3)11-26(29)27-25-12-17(4)33-28-25/h7-15H,5-6H2,1-4H3,(H,27,28,29)/b16-11+. The summed E-state index contributed by atoms with van der Waals surface area (Å²) in [6.45, 7) is 8.61. The van der Waals surface area contributed by atoms with Crippen molar-refractivity contribution in [1.29, 1.82) is 0 Å². The second kappa shape index (κ2) is 9.65. The van der Waals surface area contributed by atoms with Crippen LogP contribution in [-0.2, 0) is 4.79 Å². The van der Waals surface area contributed by atoms with E-state index in [-0.39, 0.29) is 5.91 Å². The highest BCUT2D eigenvalue weighted by molar-refractivity contribution is 6.05. The molecule has 0 bridgehead atoms. The zero-order valence-electron chi connectivity index (χ0n) is 19.1. The molecular weight excluding hydrogens is 420 g/mol. The monoisotopic (exact) mass is 446 g/mol. The maximum absolute atomic E-state index is 12.5. The summed E-state index contributed by atoms with van der Waals surface area (Å²) >= 11 is 0. The molecule has 2 aromatic carbocycles. The van der Waals surface area contributed by atoms with Gasteiger partial charge in [-0.05, 0) is 57.0 Å². The van der Waals surface area contributed by atoms with Gasteiger partial charge in [-0.15, -0.1) is 0 Å². The van der Waals surface area contributed by atoms with Crippen LogP contribution in [0.4, 0.5) is 5.82 Å². The number of anilines is 1. The smallest absolute Gasteiger partial charge is 0.249 e. The van der Waals surface area contributed by atoms with E-state index >= 15 is 0 Å².